The van der Waals surface area contributed by atoms with E-state index in [1.165, 1.54) is 0 Å². The molecular weight excluding hydrogens is 268 g/mol. The van der Waals surface area contributed by atoms with Crippen LogP contribution in [-0.4, -0.2) is 32.2 Å². The zero-order valence-electron chi connectivity index (χ0n) is 13.5. The Morgan fingerprint density at radius 2 is 1.76 bits per heavy atom. The Balaban J connectivity index is 2.86. The third kappa shape index (κ3) is 4.93. The molecule has 1 aromatic carbocycles. The van der Waals surface area contributed by atoms with Crippen LogP contribution in [0.4, 0.5) is 0 Å². The molecule has 0 saturated heterocycles. The molecule has 0 bridgehead atoms. The summed E-state index contributed by atoms with van der Waals surface area (Å²) in [4.78, 5) is 11.6. The second-order valence-corrected chi connectivity index (χ2v) is 4.80. The van der Waals surface area contributed by atoms with Crippen molar-refractivity contribution in [3.05, 3.63) is 23.8 Å². The molecule has 5 nitrogen and oxygen atoms in total. The zero-order chi connectivity index (χ0) is 15.8. The lowest BCUT2D eigenvalue weighted by Crippen LogP contribution is -2.41. The molecule has 1 rings (SSSR count). The fourth-order valence-electron chi connectivity index (χ4n) is 2.10. The molecule has 0 aliphatic heterocycles. The minimum absolute atomic E-state index is 0.0298. The van der Waals surface area contributed by atoms with Gasteiger partial charge in [0.2, 0.25) is 5.91 Å². The largest absolute Gasteiger partial charge is 0.490 e. The van der Waals surface area contributed by atoms with Crippen LogP contribution >= 0.6 is 0 Å². The molecule has 0 aliphatic rings. The summed E-state index contributed by atoms with van der Waals surface area (Å²) in [6.45, 7) is 8.93. The summed E-state index contributed by atoms with van der Waals surface area (Å²) in [5.41, 5.74) is 1.05. The summed E-state index contributed by atoms with van der Waals surface area (Å²) < 4.78 is 11.2. The Morgan fingerprint density at radius 3 is 2.33 bits per heavy atom. The molecule has 2 N–H and O–H groups in total. The maximum absolute atomic E-state index is 11.6. The molecule has 0 radical (unpaired) electrons. The topological polar surface area (TPSA) is 59.6 Å². The van der Waals surface area contributed by atoms with Crippen LogP contribution in [0.15, 0.2) is 18.2 Å². The second-order valence-electron chi connectivity index (χ2n) is 4.80. The number of hydrogen-bond donors (Lipinski definition) is 2. The highest BCUT2D eigenvalue weighted by Crippen LogP contribution is 2.30. The smallest absolute Gasteiger partial charge is 0.236 e. The van der Waals surface area contributed by atoms with Crippen molar-refractivity contribution in [1.82, 2.24) is 10.6 Å². The monoisotopic (exact) mass is 294 g/mol. The van der Waals surface area contributed by atoms with Crippen molar-refractivity contribution < 1.29 is 14.3 Å². The first kappa shape index (κ1) is 17.3. The van der Waals surface area contributed by atoms with Gasteiger partial charge in [-0.15, -0.1) is 0 Å². The molecule has 0 aliphatic carbocycles. The molecule has 0 unspecified atom stereocenters. The van der Waals surface area contributed by atoms with Gasteiger partial charge in [0.05, 0.1) is 19.3 Å². The van der Waals surface area contributed by atoms with Crippen LogP contribution in [0.3, 0.4) is 0 Å². The number of carbonyl (C=O) groups excluding carboxylic acids is 1. The molecule has 0 spiro atoms. The van der Waals surface area contributed by atoms with Crippen LogP contribution in [0.1, 0.15) is 39.3 Å². The first-order chi connectivity index (χ1) is 10.0. The number of ether oxygens (including phenoxy) is 2. The molecule has 0 saturated carbocycles. The molecule has 1 aromatic rings. The second kappa shape index (κ2) is 8.52. The van der Waals surface area contributed by atoms with Gasteiger partial charge < -0.3 is 14.8 Å². The van der Waals surface area contributed by atoms with E-state index >= 15 is 0 Å². The minimum atomic E-state index is -0.257. The molecule has 118 valence electrons. The van der Waals surface area contributed by atoms with Crippen LogP contribution in [0, 0.1) is 0 Å². The molecule has 0 aromatic heterocycles. The molecule has 1 amide bonds. The summed E-state index contributed by atoms with van der Waals surface area (Å²) >= 11 is 0. The number of rotatable bonds is 8. The van der Waals surface area contributed by atoms with E-state index in [1.807, 2.05) is 45.9 Å². The van der Waals surface area contributed by atoms with Crippen LogP contribution in [-0.2, 0) is 4.79 Å². The third-order valence-corrected chi connectivity index (χ3v) is 3.21. The van der Waals surface area contributed by atoms with Crippen molar-refractivity contribution in [2.75, 3.05) is 20.3 Å². The maximum atomic E-state index is 11.6. The van der Waals surface area contributed by atoms with E-state index in [4.69, 9.17) is 9.47 Å². The van der Waals surface area contributed by atoms with Gasteiger partial charge in [-0.2, -0.15) is 0 Å². The lowest BCUT2D eigenvalue weighted by Gasteiger charge is -2.20. The van der Waals surface area contributed by atoms with E-state index in [-0.39, 0.29) is 18.0 Å². The van der Waals surface area contributed by atoms with Crippen molar-refractivity contribution in [2.24, 2.45) is 0 Å². The summed E-state index contributed by atoms with van der Waals surface area (Å²) in [7, 11) is 1.63. The number of likely N-dealkylation sites (N-methyl/N-ethyl adjacent to an activating group) is 1. The van der Waals surface area contributed by atoms with E-state index < -0.39 is 0 Å². The molecule has 5 heteroatoms. The van der Waals surface area contributed by atoms with Crippen molar-refractivity contribution in [3.8, 4) is 11.5 Å². The fraction of sp³-hybridized carbons (Fsp3) is 0.562. The maximum Gasteiger partial charge on any atom is 0.236 e. The van der Waals surface area contributed by atoms with Gasteiger partial charge in [-0.25, -0.2) is 0 Å². The van der Waals surface area contributed by atoms with Gasteiger partial charge in [-0.05, 0) is 45.4 Å². The van der Waals surface area contributed by atoms with Gasteiger partial charge in [-0.3, -0.25) is 10.1 Å². The normalized spacial score (nSPS) is 13.4. The van der Waals surface area contributed by atoms with Crippen molar-refractivity contribution in [2.45, 2.75) is 39.8 Å². The molecule has 0 fully saturated rings. The van der Waals surface area contributed by atoms with Gasteiger partial charge in [0.25, 0.3) is 0 Å². The molecular formula is C16H26N2O3. The Hall–Kier alpha value is -1.75. The number of nitrogens with one attached hydrogen (secondary N) is 2. The number of amides is 1. The van der Waals surface area contributed by atoms with E-state index in [2.05, 4.69) is 10.6 Å². The van der Waals surface area contributed by atoms with Crippen LogP contribution in [0.5, 0.6) is 11.5 Å². The Kier molecular flexibility index (Phi) is 7.02. The standard InChI is InChI=1S/C16H26N2O3/c1-6-20-14-9-8-13(10-15(14)21-7-2)11(3)18-12(4)16(19)17-5/h8-12,18H,6-7H2,1-5H3,(H,17,19)/t11-,12-/m1/s1. The van der Waals surface area contributed by atoms with Gasteiger partial charge in [0.15, 0.2) is 11.5 Å². The van der Waals surface area contributed by atoms with Crippen LogP contribution in [0.25, 0.3) is 0 Å². The lowest BCUT2D eigenvalue weighted by atomic mass is 10.1. The highest BCUT2D eigenvalue weighted by molar-refractivity contribution is 5.80. The molecule has 2 atom stereocenters. The fourth-order valence-corrected chi connectivity index (χ4v) is 2.10. The number of benzene rings is 1. The Morgan fingerprint density at radius 1 is 1.14 bits per heavy atom. The Bertz CT molecular complexity index is 463. The summed E-state index contributed by atoms with van der Waals surface area (Å²) in [6.07, 6.45) is 0. The molecule has 21 heavy (non-hydrogen) atoms. The van der Waals surface area contributed by atoms with E-state index in [0.29, 0.717) is 13.2 Å². The average molecular weight is 294 g/mol. The van der Waals surface area contributed by atoms with Crippen LogP contribution in [0.2, 0.25) is 0 Å². The summed E-state index contributed by atoms with van der Waals surface area (Å²) in [6, 6.07) is 5.64. The molecule has 0 heterocycles. The van der Waals surface area contributed by atoms with Crippen LogP contribution < -0.4 is 20.1 Å². The van der Waals surface area contributed by atoms with Crippen molar-refractivity contribution in [3.63, 3.8) is 0 Å². The number of hydrogen-bond acceptors (Lipinski definition) is 4. The first-order valence-electron chi connectivity index (χ1n) is 7.40. The SMILES string of the molecule is CCOc1ccc([C@@H](C)N[C@H](C)C(=O)NC)cc1OCC. The van der Waals surface area contributed by atoms with Gasteiger partial charge >= 0.3 is 0 Å². The minimum Gasteiger partial charge on any atom is -0.490 e. The van der Waals surface area contributed by atoms with Gasteiger partial charge in [-0.1, -0.05) is 6.07 Å². The predicted octanol–water partition coefficient (Wildman–Crippen LogP) is 2.27. The highest BCUT2D eigenvalue weighted by Gasteiger charge is 2.16. The van der Waals surface area contributed by atoms with Crippen molar-refractivity contribution in [1.29, 1.82) is 0 Å². The number of carbonyl (C=O) groups is 1. The van der Waals surface area contributed by atoms with Crippen molar-refractivity contribution >= 4 is 5.91 Å². The van der Waals surface area contributed by atoms with Gasteiger partial charge in [0.1, 0.15) is 0 Å². The van der Waals surface area contributed by atoms with Gasteiger partial charge in [0, 0.05) is 13.1 Å². The quantitative estimate of drug-likeness (QED) is 0.772. The van der Waals surface area contributed by atoms with E-state index in [9.17, 15) is 4.79 Å². The average Bonchev–Trinajstić information content (AvgIpc) is 2.48. The zero-order valence-corrected chi connectivity index (χ0v) is 13.5. The Labute approximate surface area is 127 Å². The third-order valence-electron chi connectivity index (χ3n) is 3.21. The predicted molar refractivity (Wildman–Crippen MR) is 83.9 cm³/mol. The van der Waals surface area contributed by atoms with E-state index in [1.54, 1.807) is 7.05 Å². The van der Waals surface area contributed by atoms with E-state index in [0.717, 1.165) is 17.1 Å². The summed E-state index contributed by atoms with van der Waals surface area (Å²) in [5.74, 6) is 1.45. The highest BCUT2D eigenvalue weighted by atomic mass is 16.5. The summed E-state index contributed by atoms with van der Waals surface area (Å²) in [5, 5.41) is 5.89. The first-order valence-corrected chi connectivity index (χ1v) is 7.40. The lowest BCUT2D eigenvalue weighted by molar-refractivity contribution is -0.122.